The second-order valence-corrected chi connectivity index (χ2v) is 10.0. The molecule has 0 aromatic heterocycles. The molecule has 0 spiro atoms. The van der Waals surface area contributed by atoms with Gasteiger partial charge in [-0.3, -0.25) is 19.4 Å². The molecule has 36 heavy (non-hydrogen) atoms. The predicted molar refractivity (Wildman–Crippen MR) is 133 cm³/mol. The first kappa shape index (κ1) is 24.4. The number of carbonyl (C=O) groups is 2. The molecule has 1 aromatic carbocycles. The standard InChI is InChI=1S/C28H32N4O4/c29-19-28(21-6-2-1-3-7-21)10-13-31(14-11-28)17-20-16-22(27(35)32-12-5-4-8-24(20)32)26(34)30-23-9-15-36-18-25(23)33/h1-8,12,22-23,25,33H,9-11,13-18H2,(H,30,34). The first-order chi connectivity index (χ1) is 17.5. The number of piperidine rings is 1. The number of aliphatic hydroxyl groups is 1. The zero-order valence-corrected chi connectivity index (χ0v) is 20.3. The minimum atomic E-state index is -0.845. The second kappa shape index (κ2) is 10.4. The summed E-state index contributed by atoms with van der Waals surface area (Å²) in [7, 11) is 0. The van der Waals surface area contributed by atoms with Gasteiger partial charge in [-0.05, 0) is 49.0 Å². The molecule has 4 heterocycles. The van der Waals surface area contributed by atoms with Crippen LogP contribution in [-0.4, -0.2) is 71.7 Å². The van der Waals surface area contributed by atoms with Gasteiger partial charge in [-0.2, -0.15) is 5.26 Å². The smallest absolute Gasteiger partial charge is 0.243 e. The van der Waals surface area contributed by atoms with Crippen molar-refractivity contribution >= 4 is 11.8 Å². The molecule has 5 rings (SSSR count). The van der Waals surface area contributed by atoms with Gasteiger partial charge < -0.3 is 15.2 Å². The molecule has 188 valence electrons. The quantitative estimate of drug-likeness (QED) is 0.614. The molecule has 4 aliphatic rings. The van der Waals surface area contributed by atoms with Crippen LogP contribution < -0.4 is 5.32 Å². The number of likely N-dealkylation sites (tertiary alicyclic amines) is 1. The van der Waals surface area contributed by atoms with Gasteiger partial charge >= 0.3 is 0 Å². The lowest BCUT2D eigenvalue weighted by Gasteiger charge is -2.40. The van der Waals surface area contributed by atoms with Gasteiger partial charge in [0.2, 0.25) is 11.8 Å². The van der Waals surface area contributed by atoms with E-state index in [2.05, 4.69) is 16.3 Å². The van der Waals surface area contributed by atoms with Gasteiger partial charge in [0.05, 0.1) is 30.2 Å². The van der Waals surface area contributed by atoms with Crippen molar-refractivity contribution in [2.45, 2.75) is 43.2 Å². The number of hydrogen-bond donors (Lipinski definition) is 2. The lowest BCUT2D eigenvalue weighted by molar-refractivity contribution is -0.141. The highest BCUT2D eigenvalue weighted by Crippen LogP contribution is 2.37. The van der Waals surface area contributed by atoms with E-state index < -0.39 is 23.5 Å². The average Bonchev–Trinajstić information content (AvgIpc) is 2.92. The number of rotatable bonds is 5. The number of carbonyl (C=O) groups excluding carboxylic acids is 2. The summed E-state index contributed by atoms with van der Waals surface area (Å²) in [5, 5.41) is 23.1. The fraction of sp³-hybridized carbons (Fsp3) is 0.464. The second-order valence-electron chi connectivity index (χ2n) is 10.0. The Morgan fingerprint density at radius 1 is 1.22 bits per heavy atom. The lowest BCUT2D eigenvalue weighted by atomic mass is 9.74. The van der Waals surface area contributed by atoms with E-state index in [1.807, 2.05) is 42.5 Å². The molecule has 0 radical (unpaired) electrons. The van der Waals surface area contributed by atoms with Crippen molar-refractivity contribution < 1.29 is 19.4 Å². The number of benzene rings is 1. The summed E-state index contributed by atoms with van der Waals surface area (Å²) in [6, 6.07) is 12.2. The molecule has 1 aromatic rings. The van der Waals surface area contributed by atoms with Gasteiger partial charge in [0.1, 0.15) is 5.92 Å². The zero-order valence-electron chi connectivity index (χ0n) is 20.3. The minimum Gasteiger partial charge on any atom is -0.389 e. The molecule has 3 atom stereocenters. The van der Waals surface area contributed by atoms with E-state index in [0.29, 0.717) is 26.0 Å². The van der Waals surface area contributed by atoms with Crippen LogP contribution in [0.5, 0.6) is 0 Å². The molecule has 0 bridgehead atoms. The Labute approximate surface area is 211 Å². The van der Waals surface area contributed by atoms with Gasteiger partial charge in [0.25, 0.3) is 0 Å². The van der Waals surface area contributed by atoms with E-state index in [4.69, 9.17) is 4.74 Å². The number of allylic oxidation sites excluding steroid dienone is 3. The molecular formula is C28H32N4O4. The van der Waals surface area contributed by atoms with Crippen LogP contribution in [0.3, 0.4) is 0 Å². The maximum atomic E-state index is 13.3. The highest BCUT2D eigenvalue weighted by molar-refractivity contribution is 6.03. The summed E-state index contributed by atoms with van der Waals surface area (Å²) >= 11 is 0. The van der Waals surface area contributed by atoms with Gasteiger partial charge in [-0.25, -0.2) is 0 Å². The number of nitrogens with one attached hydrogen (secondary N) is 1. The van der Waals surface area contributed by atoms with Crippen LogP contribution in [-0.2, 0) is 19.7 Å². The first-order valence-corrected chi connectivity index (χ1v) is 12.7. The fourth-order valence-corrected chi connectivity index (χ4v) is 5.64. The van der Waals surface area contributed by atoms with Gasteiger partial charge in [-0.15, -0.1) is 0 Å². The lowest BCUT2D eigenvalue weighted by Crippen LogP contribution is -2.53. The van der Waals surface area contributed by atoms with Crippen molar-refractivity contribution in [3.05, 3.63) is 71.6 Å². The summed E-state index contributed by atoms with van der Waals surface area (Å²) in [4.78, 5) is 30.3. The molecule has 8 heteroatoms. The van der Waals surface area contributed by atoms with Crippen molar-refractivity contribution in [3.8, 4) is 6.07 Å². The summed E-state index contributed by atoms with van der Waals surface area (Å²) in [6.45, 7) is 2.81. The van der Waals surface area contributed by atoms with Crippen LogP contribution in [0.15, 0.2) is 66.0 Å². The third-order valence-corrected chi connectivity index (χ3v) is 7.84. The van der Waals surface area contributed by atoms with Crippen molar-refractivity contribution in [2.24, 2.45) is 5.92 Å². The van der Waals surface area contributed by atoms with Gasteiger partial charge in [0, 0.05) is 38.1 Å². The van der Waals surface area contributed by atoms with Crippen LogP contribution >= 0.6 is 0 Å². The molecule has 0 saturated carbocycles. The van der Waals surface area contributed by atoms with Crippen LogP contribution in [0.25, 0.3) is 0 Å². The number of ether oxygens (including phenoxy) is 1. The highest BCUT2D eigenvalue weighted by atomic mass is 16.5. The Hall–Kier alpha value is -3.25. The molecule has 3 unspecified atom stereocenters. The minimum absolute atomic E-state index is 0.181. The Morgan fingerprint density at radius 2 is 2.00 bits per heavy atom. The maximum Gasteiger partial charge on any atom is 0.243 e. The van der Waals surface area contributed by atoms with Crippen LogP contribution in [0, 0.1) is 17.2 Å². The monoisotopic (exact) mass is 488 g/mol. The Kier molecular flexibility index (Phi) is 7.06. The molecule has 2 fully saturated rings. The molecule has 2 N–H and O–H groups in total. The molecule has 0 aliphatic carbocycles. The first-order valence-electron chi connectivity index (χ1n) is 12.7. The Morgan fingerprint density at radius 3 is 2.72 bits per heavy atom. The van der Waals surface area contributed by atoms with Crippen molar-refractivity contribution in [3.63, 3.8) is 0 Å². The third-order valence-electron chi connectivity index (χ3n) is 7.84. The Bertz CT molecular complexity index is 1130. The third kappa shape index (κ3) is 4.74. The van der Waals surface area contributed by atoms with E-state index in [1.165, 1.54) is 0 Å². The van der Waals surface area contributed by atoms with Crippen molar-refractivity contribution in [2.75, 3.05) is 32.8 Å². The van der Waals surface area contributed by atoms with Crippen LogP contribution in [0.4, 0.5) is 0 Å². The number of hydrogen-bond acceptors (Lipinski definition) is 6. The molecule has 2 saturated heterocycles. The fourth-order valence-electron chi connectivity index (χ4n) is 5.64. The van der Waals surface area contributed by atoms with Crippen LogP contribution in [0.2, 0.25) is 0 Å². The van der Waals surface area contributed by atoms with E-state index in [0.717, 1.165) is 42.8 Å². The largest absolute Gasteiger partial charge is 0.389 e. The highest BCUT2D eigenvalue weighted by Gasteiger charge is 2.41. The zero-order chi connectivity index (χ0) is 25.1. The summed E-state index contributed by atoms with van der Waals surface area (Å²) < 4.78 is 5.26. The predicted octanol–water partition coefficient (Wildman–Crippen LogP) is 2.00. The summed E-state index contributed by atoms with van der Waals surface area (Å²) in [6.07, 6.45) is 8.90. The Balaban J connectivity index is 1.30. The molecule has 4 aliphatic heterocycles. The van der Waals surface area contributed by atoms with E-state index in [-0.39, 0.29) is 18.4 Å². The number of nitriles is 1. The van der Waals surface area contributed by atoms with Crippen molar-refractivity contribution in [1.29, 1.82) is 5.26 Å². The maximum absolute atomic E-state index is 13.3. The number of fused-ring (bicyclic) bond motifs is 1. The SMILES string of the molecule is N#CC1(c2ccccc2)CCN(CC2=C3C=CC=CN3C(=O)C(C(=O)NC3CCOCC3O)C2)CC1. The molecule has 2 amide bonds. The molecular weight excluding hydrogens is 456 g/mol. The molecule has 8 nitrogen and oxygen atoms in total. The summed E-state index contributed by atoms with van der Waals surface area (Å²) in [5.41, 5.74) is 2.45. The van der Waals surface area contributed by atoms with Crippen molar-refractivity contribution in [1.82, 2.24) is 15.1 Å². The number of aliphatic hydroxyl groups excluding tert-OH is 1. The van der Waals surface area contributed by atoms with Gasteiger partial charge in [-0.1, -0.05) is 36.4 Å². The van der Waals surface area contributed by atoms with E-state index >= 15 is 0 Å². The van der Waals surface area contributed by atoms with Crippen LogP contribution in [0.1, 0.15) is 31.2 Å². The van der Waals surface area contributed by atoms with E-state index in [9.17, 15) is 20.0 Å². The number of nitrogens with zero attached hydrogens (tertiary/aromatic N) is 3. The normalized spacial score (nSPS) is 27.9. The average molecular weight is 489 g/mol. The number of amides is 2. The summed E-state index contributed by atoms with van der Waals surface area (Å²) in [5.74, 6) is -1.45. The topological polar surface area (TPSA) is 106 Å². The van der Waals surface area contributed by atoms with E-state index in [1.54, 1.807) is 17.2 Å². The van der Waals surface area contributed by atoms with Gasteiger partial charge in [0.15, 0.2) is 0 Å².